The van der Waals surface area contributed by atoms with E-state index in [0.29, 0.717) is 43.9 Å². The molecule has 1 fully saturated rings. The van der Waals surface area contributed by atoms with Gasteiger partial charge in [0.2, 0.25) is 0 Å². The summed E-state index contributed by atoms with van der Waals surface area (Å²) in [6.07, 6.45) is 3.57. The molecule has 0 radical (unpaired) electrons. The Kier molecular flexibility index (Phi) is 4.72. The fourth-order valence-electron chi connectivity index (χ4n) is 4.59. The van der Waals surface area contributed by atoms with Crippen molar-refractivity contribution in [2.24, 2.45) is 0 Å². The minimum Gasteiger partial charge on any atom is -0.492 e. The number of benzene rings is 1. The third kappa shape index (κ3) is 2.97. The predicted molar refractivity (Wildman–Crippen MR) is 110 cm³/mol. The molecule has 10 heteroatoms. The number of amides is 1. The molecule has 2 aromatic heterocycles. The first-order chi connectivity index (χ1) is 15.4. The summed E-state index contributed by atoms with van der Waals surface area (Å²) in [6, 6.07) is 4.80. The van der Waals surface area contributed by atoms with E-state index in [9.17, 15) is 18.8 Å². The molecule has 0 aliphatic carbocycles. The number of rotatable bonds is 3. The second kappa shape index (κ2) is 7.47. The standard InChI is InChI=1S/C22H21FN4O5/c1-2-31-21(30)13-11-25-27-18(13)24-10-14(20(27)29)19(28)26-8-6-22(7-9-26)12-32-16-5-3-4-15(23)17(16)22/h3-5,10-11,25H,2,6-9,12H2,1H3. The smallest absolute Gasteiger partial charge is 0.343 e. The van der Waals surface area contributed by atoms with Crippen molar-refractivity contribution in [3.63, 3.8) is 0 Å². The van der Waals surface area contributed by atoms with Gasteiger partial charge < -0.3 is 14.4 Å². The largest absolute Gasteiger partial charge is 0.492 e. The maximum atomic E-state index is 14.5. The number of carbonyl (C=O) groups excluding carboxylic acids is 2. The first-order valence-corrected chi connectivity index (χ1v) is 10.4. The SMILES string of the molecule is CCOC(=O)c1c[nH]n2c(=O)c(C(=O)N3CCC4(CC3)COc3cccc(F)c34)cnc12. The van der Waals surface area contributed by atoms with Gasteiger partial charge in [0.1, 0.15) is 22.7 Å². The number of fused-ring (bicyclic) bond motifs is 3. The van der Waals surface area contributed by atoms with Gasteiger partial charge >= 0.3 is 5.97 Å². The Morgan fingerprint density at radius 2 is 2.06 bits per heavy atom. The molecule has 2 aliphatic heterocycles. The van der Waals surface area contributed by atoms with Crippen molar-refractivity contribution in [1.82, 2.24) is 19.5 Å². The van der Waals surface area contributed by atoms with Crippen molar-refractivity contribution in [2.45, 2.75) is 25.2 Å². The number of piperidine rings is 1. The van der Waals surface area contributed by atoms with Gasteiger partial charge in [0.05, 0.1) is 13.2 Å². The Morgan fingerprint density at radius 1 is 1.28 bits per heavy atom. The summed E-state index contributed by atoms with van der Waals surface area (Å²) < 4.78 is 26.2. The van der Waals surface area contributed by atoms with Crippen LogP contribution in [0.2, 0.25) is 0 Å². The molecule has 1 amide bonds. The molecule has 0 unspecified atom stereocenters. The van der Waals surface area contributed by atoms with E-state index in [1.807, 2.05) is 0 Å². The molecule has 166 valence electrons. The molecule has 3 aromatic rings. The van der Waals surface area contributed by atoms with Crippen molar-refractivity contribution in [3.05, 3.63) is 63.5 Å². The highest BCUT2D eigenvalue weighted by Crippen LogP contribution is 2.46. The van der Waals surface area contributed by atoms with Crippen LogP contribution in [0.25, 0.3) is 5.65 Å². The second-order valence-electron chi connectivity index (χ2n) is 8.02. The van der Waals surface area contributed by atoms with Gasteiger partial charge in [-0.05, 0) is 31.9 Å². The van der Waals surface area contributed by atoms with Gasteiger partial charge in [0.15, 0.2) is 5.65 Å². The minimum absolute atomic E-state index is 0.0952. The molecule has 0 atom stereocenters. The summed E-state index contributed by atoms with van der Waals surface area (Å²) in [5, 5.41) is 2.66. The van der Waals surface area contributed by atoms with Crippen LogP contribution in [0.5, 0.6) is 5.75 Å². The summed E-state index contributed by atoms with van der Waals surface area (Å²) in [5.41, 5.74) is -0.389. The normalized spacial score (nSPS) is 16.8. The van der Waals surface area contributed by atoms with Crippen LogP contribution in [0.1, 0.15) is 46.0 Å². The zero-order valence-corrected chi connectivity index (χ0v) is 17.4. The molecular formula is C22H21FN4O5. The molecule has 0 saturated carbocycles. The summed E-state index contributed by atoms with van der Waals surface area (Å²) >= 11 is 0. The molecule has 4 heterocycles. The van der Waals surface area contributed by atoms with E-state index in [0.717, 1.165) is 4.52 Å². The molecular weight excluding hydrogens is 419 g/mol. The molecule has 1 saturated heterocycles. The number of nitrogens with zero attached hydrogens (tertiary/aromatic N) is 3. The van der Waals surface area contributed by atoms with Crippen LogP contribution in [0.4, 0.5) is 4.39 Å². The van der Waals surface area contributed by atoms with Crippen LogP contribution < -0.4 is 10.3 Å². The number of aromatic amines is 1. The van der Waals surface area contributed by atoms with Gasteiger partial charge in [-0.25, -0.2) is 18.7 Å². The number of ether oxygens (including phenoxy) is 2. The molecule has 1 N–H and O–H groups in total. The van der Waals surface area contributed by atoms with Gasteiger partial charge in [0.25, 0.3) is 11.5 Å². The molecule has 1 spiro atoms. The Balaban J connectivity index is 1.38. The second-order valence-corrected chi connectivity index (χ2v) is 8.02. The van der Waals surface area contributed by atoms with Crippen molar-refractivity contribution in [3.8, 4) is 5.75 Å². The van der Waals surface area contributed by atoms with Crippen LogP contribution in [0.3, 0.4) is 0 Å². The van der Waals surface area contributed by atoms with E-state index in [4.69, 9.17) is 9.47 Å². The number of carbonyl (C=O) groups is 2. The summed E-state index contributed by atoms with van der Waals surface area (Å²) in [5.74, 6) is -0.796. The number of hydrogen-bond donors (Lipinski definition) is 1. The lowest BCUT2D eigenvalue weighted by molar-refractivity contribution is 0.0528. The van der Waals surface area contributed by atoms with Crippen molar-refractivity contribution in [1.29, 1.82) is 0 Å². The van der Waals surface area contributed by atoms with Crippen LogP contribution in [0.15, 0.2) is 35.4 Å². The third-order valence-electron chi connectivity index (χ3n) is 6.28. The van der Waals surface area contributed by atoms with E-state index in [-0.39, 0.29) is 29.2 Å². The molecule has 32 heavy (non-hydrogen) atoms. The number of esters is 1. The number of nitrogens with one attached hydrogen (secondary N) is 1. The van der Waals surface area contributed by atoms with Crippen molar-refractivity contribution < 1.29 is 23.5 Å². The zero-order chi connectivity index (χ0) is 22.5. The number of hydrogen-bond acceptors (Lipinski definition) is 6. The van der Waals surface area contributed by atoms with Crippen molar-refractivity contribution >= 4 is 17.5 Å². The van der Waals surface area contributed by atoms with Gasteiger partial charge in [0, 0.05) is 36.5 Å². The van der Waals surface area contributed by atoms with Gasteiger partial charge in [-0.1, -0.05) is 6.07 Å². The highest BCUT2D eigenvalue weighted by Gasteiger charge is 2.46. The number of likely N-dealkylation sites (tertiary alicyclic amines) is 1. The van der Waals surface area contributed by atoms with Crippen molar-refractivity contribution in [2.75, 3.05) is 26.3 Å². The lowest BCUT2D eigenvalue weighted by atomic mass is 9.74. The first-order valence-electron chi connectivity index (χ1n) is 10.4. The third-order valence-corrected chi connectivity index (χ3v) is 6.28. The lowest BCUT2D eigenvalue weighted by Gasteiger charge is -2.38. The maximum Gasteiger partial charge on any atom is 0.343 e. The minimum atomic E-state index is -0.607. The number of halogens is 1. The van der Waals surface area contributed by atoms with Crippen LogP contribution in [-0.4, -0.2) is 57.7 Å². The number of aromatic nitrogens is 3. The quantitative estimate of drug-likeness (QED) is 0.624. The molecule has 9 nitrogen and oxygen atoms in total. The molecule has 0 bridgehead atoms. The fraction of sp³-hybridized carbons (Fsp3) is 0.364. The van der Waals surface area contributed by atoms with E-state index in [1.165, 1.54) is 18.5 Å². The lowest BCUT2D eigenvalue weighted by Crippen LogP contribution is -2.47. The van der Waals surface area contributed by atoms with Crippen LogP contribution in [-0.2, 0) is 10.2 Å². The highest BCUT2D eigenvalue weighted by molar-refractivity contribution is 5.97. The molecule has 2 aliphatic rings. The Hall–Kier alpha value is -3.69. The average Bonchev–Trinajstić information content (AvgIpc) is 3.38. The van der Waals surface area contributed by atoms with E-state index in [2.05, 4.69) is 10.1 Å². The average molecular weight is 440 g/mol. The van der Waals surface area contributed by atoms with Crippen LogP contribution >= 0.6 is 0 Å². The Morgan fingerprint density at radius 3 is 2.81 bits per heavy atom. The molecule has 5 rings (SSSR count). The predicted octanol–water partition coefficient (Wildman–Crippen LogP) is 1.90. The van der Waals surface area contributed by atoms with Crippen LogP contribution in [0, 0.1) is 5.82 Å². The highest BCUT2D eigenvalue weighted by atomic mass is 19.1. The number of H-pyrrole nitrogens is 1. The van der Waals surface area contributed by atoms with E-state index >= 15 is 0 Å². The van der Waals surface area contributed by atoms with Gasteiger partial charge in [-0.2, -0.15) is 0 Å². The maximum absolute atomic E-state index is 14.5. The first kappa shape index (κ1) is 20.2. The summed E-state index contributed by atoms with van der Waals surface area (Å²) in [4.78, 5) is 43.7. The van der Waals surface area contributed by atoms with Gasteiger partial charge in [-0.15, -0.1) is 0 Å². The Labute approximate surface area is 181 Å². The summed E-state index contributed by atoms with van der Waals surface area (Å²) in [6.45, 7) is 2.96. The topological polar surface area (TPSA) is 106 Å². The zero-order valence-electron chi connectivity index (χ0n) is 17.4. The van der Waals surface area contributed by atoms with E-state index < -0.39 is 22.9 Å². The van der Waals surface area contributed by atoms with Gasteiger partial charge in [-0.3, -0.25) is 14.7 Å². The van der Waals surface area contributed by atoms with E-state index in [1.54, 1.807) is 24.0 Å². The summed E-state index contributed by atoms with van der Waals surface area (Å²) in [7, 11) is 0. The monoisotopic (exact) mass is 440 g/mol. The molecule has 1 aromatic carbocycles. The fourth-order valence-corrected chi connectivity index (χ4v) is 4.59. The Bertz CT molecular complexity index is 1290.